The molecule has 2 rings (SSSR count). The van der Waals surface area contributed by atoms with E-state index in [1.165, 1.54) is 12.3 Å². The van der Waals surface area contributed by atoms with E-state index in [9.17, 15) is 14.4 Å². The summed E-state index contributed by atoms with van der Waals surface area (Å²) < 4.78 is 10.3. The van der Waals surface area contributed by atoms with Crippen LogP contribution < -0.4 is 5.32 Å². The Labute approximate surface area is 147 Å². The summed E-state index contributed by atoms with van der Waals surface area (Å²) in [5.74, 6) is -0.450. The molecule has 0 bridgehead atoms. The molecule has 2 heterocycles. The number of hydrogen-bond acceptors (Lipinski definition) is 5. The lowest BCUT2D eigenvalue weighted by Gasteiger charge is -2.26. The molecule has 0 unspecified atom stereocenters. The van der Waals surface area contributed by atoms with E-state index in [1.54, 1.807) is 15.9 Å². The topological polar surface area (TPSA) is 92.1 Å². The fourth-order valence-corrected chi connectivity index (χ4v) is 2.44. The smallest absolute Gasteiger partial charge is 0.410 e. The number of amides is 3. The van der Waals surface area contributed by atoms with Crippen molar-refractivity contribution in [2.24, 2.45) is 0 Å². The Morgan fingerprint density at radius 1 is 1.16 bits per heavy atom. The molecule has 1 aliphatic rings. The molecule has 0 spiro atoms. The van der Waals surface area contributed by atoms with Crippen molar-refractivity contribution in [3.63, 3.8) is 0 Å². The first-order chi connectivity index (χ1) is 11.8. The van der Waals surface area contributed by atoms with Crippen molar-refractivity contribution in [1.82, 2.24) is 15.1 Å². The molecular formula is C17H25N3O5. The molecule has 3 amide bonds. The van der Waals surface area contributed by atoms with Gasteiger partial charge in [0.25, 0.3) is 5.91 Å². The van der Waals surface area contributed by atoms with Crippen molar-refractivity contribution in [1.29, 1.82) is 0 Å². The lowest BCUT2D eigenvalue weighted by Crippen LogP contribution is -2.43. The molecule has 138 valence electrons. The number of hydrogen-bond donors (Lipinski definition) is 1. The van der Waals surface area contributed by atoms with Gasteiger partial charge in [-0.1, -0.05) is 0 Å². The molecule has 1 saturated heterocycles. The first-order valence-electron chi connectivity index (χ1n) is 8.34. The van der Waals surface area contributed by atoms with E-state index in [0.29, 0.717) is 32.6 Å². The Balaban J connectivity index is 1.80. The molecule has 0 radical (unpaired) electrons. The zero-order chi connectivity index (χ0) is 18.4. The van der Waals surface area contributed by atoms with Crippen LogP contribution in [0.5, 0.6) is 0 Å². The number of nitrogens with zero attached hydrogens (tertiary/aromatic N) is 2. The highest BCUT2D eigenvalue weighted by molar-refractivity contribution is 5.94. The van der Waals surface area contributed by atoms with Gasteiger partial charge in [0.15, 0.2) is 5.76 Å². The molecule has 25 heavy (non-hydrogen) atoms. The average molecular weight is 351 g/mol. The van der Waals surface area contributed by atoms with E-state index in [4.69, 9.17) is 9.15 Å². The molecular weight excluding hydrogens is 326 g/mol. The van der Waals surface area contributed by atoms with E-state index in [1.807, 2.05) is 20.8 Å². The summed E-state index contributed by atoms with van der Waals surface area (Å²) in [6.07, 6.45) is 1.70. The summed E-state index contributed by atoms with van der Waals surface area (Å²) >= 11 is 0. The van der Waals surface area contributed by atoms with Crippen LogP contribution >= 0.6 is 0 Å². The third-order valence-corrected chi connectivity index (χ3v) is 3.65. The average Bonchev–Trinajstić information content (AvgIpc) is 2.95. The SMILES string of the molecule is CC(C)(C)OC(=O)N1CCCN(C(=O)CNC(=O)c2ccco2)CC1. The van der Waals surface area contributed by atoms with Crippen molar-refractivity contribution in [3.8, 4) is 0 Å². The van der Waals surface area contributed by atoms with E-state index >= 15 is 0 Å². The lowest BCUT2D eigenvalue weighted by molar-refractivity contribution is -0.130. The molecule has 1 aromatic rings. The Kier molecular flexibility index (Phi) is 6.06. The van der Waals surface area contributed by atoms with Gasteiger partial charge in [0.1, 0.15) is 5.60 Å². The molecule has 1 N–H and O–H groups in total. The van der Waals surface area contributed by atoms with Crippen molar-refractivity contribution in [2.45, 2.75) is 32.8 Å². The quantitative estimate of drug-likeness (QED) is 0.890. The maximum atomic E-state index is 12.3. The third-order valence-electron chi connectivity index (χ3n) is 3.65. The first-order valence-corrected chi connectivity index (χ1v) is 8.34. The molecule has 0 saturated carbocycles. The van der Waals surface area contributed by atoms with Crippen LogP contribution in [0.4, 0.5) is 4.79 Å². The predicted octanol–water partition coefficient (Wildman–Crippen LogP) is 1.48. The maximum absolute atomic E-state index is 12.3. The molecule has 1 aromatic heterocycles. The second-order valence-corrected chi connectivity index (χ2v) is 6.86. The monoisotopic (exact) mass is 351 g/mol. The van der Waals surface area contributed by atoms with Gasteiger partial charge in [-0.25, -0.2) is 4.79 Å². The lowest BCUT2D eigenvalue weighted by atomic mass is 10.2. The highest BCUT2D eigenvalue weighted by Crippen LogP contribution is 2.12. The van der Waals surface area contributed by atoms with Gasteiger partial charge in [-0.2, -0.15) is 0 Å². The zero-order valence-electron chi connectivity index (χ0n) is 14.9. The van der Waals surface area contributed by atoms with Gasteiger partial charge >= 0.3 is 6.09 Å². The van der Waals surface area contributed by atoms with Gasteiger partial charge < -0.3 is 24.3 Å². The van der Waals surface area contributed by atoms with Gasteiger partial charge in [-0.3, -0.25) is 9.59 Å². The number of furan rings is 1. The minimum absolute atomic E-state index is 0.105. The Bertz CT molecular complexity index is 606. The summed E-state index contributed by atoms with van der Waals surface area (Å²) in [5.41, 5.74) is -0.547. The highest BCUT2D eigenvalue weighted by Gasteiger charge is 2.26. The zero-order valence-corrected chi connectivity index (χ0v) is 14.9. The third kappa shape index (κ3) is 5.81. The Morgan fingerprint density at radius 3 is 2.48 bits per heavy atom. The van der Waals surface area contributed by atoms with Crippen LogP contribution in [0, 0.1) is 0 Å². The normalized spacial score (nSPS) is 15.5. The van der Waals surface area contributed by atoms with Crippen molar-refractivity contribution >= 4 is 17.9 Å². The summed E-state index contributed by atoms with van der Waals surface area (Å²) in [4.78, 5) is 39.4. The maximum Gasteiger partial charge on any atom is 0.410 e. The molecule has 0 aliphatic carbocycles. The van der Waals surface area contributed by atoms with Crippen LogP contribution in [-0.4, -0.2) is 66.0 Å². The van der Waals surface area contributed by atoms with Gasteiger partial charge in [-0.15, -0.1) is 0 Å². The minimum Gasteiger partial charge on any atom is -0.459 e. The standard InChI is InChI=1S/C17H25N3O5/c1-17(2,3)25-16(23)20-8-5-7-19(9-10-20)14(21)12-18-15(22)13-6-4-11-24-13/h4,6,11H,5,7-10,12H2,1-3H3,(H,18,22). The summed E-state index contributed by atoms with van der Waals surface area (Å²) in [7, 11) is 0. The van der Waals surface area contributed by atoms with E-state index in [-0.39, 0.29) is 24.3 Å². The molecule has 0 aromatic carbocycles. The fourth-order valence-electron chi connectivity index (χ4n) is 2.44. The van der Waals surface area contributed by atoms with Crippen LogP contribution in [-0.2, 0) is 9.53 Å². The predicted molar refractivity (Wildman–Crippen MR) is 90.0 cm³/mol. The van der Waals surface area contributed by atoms with Gasteiger partial charge in [0, 0.05) is 26.2 Å². The highest BCUT2D eigenvalue weighted by atomic mass is 16.6. The van der Waals surface area contributed by atoms with Crippen LogP contribution in [0.25, 0.3) is 0 Å². The van der Waals surface area contributed by atoms with E-state index in [0.717, 1.165) is 0 Å². The van der Waals surface area contributed by atoms with Crippen LogP contribution in [0.1, 0.15) is 37.7 Å². The van der Waals surface area contributed by atoms with Crippen molar-refractivity contribution in [3.05, 3.63) is 24.2 Å². The van der Waals surface area contributed by atoms with Crippen molar-refractivity contribution < 1.29 is 23.5 Å². The molecule has 8 heteroatoms. The Hall–Kier alpha value is -2.51. The summed E-state index contributed by atoms with van der Waals surface area (Å²) in [6.45, 7) is 7.25. The summed E-state index contributed by atoms with van der Waals surface area (Å²) in [6, 6.07) is 3.14. The van der Waals surface area contributed by atoms with E-state index < -0.39 is 11.5 Å². The van der Waals surface area contributed by atoms with Crippen LogP contribution in [0.3, 0.4) is 0 Å². The molecule has 1 aliphatic heterocycles. The fraction of sp³-hybridized carbons (Fsp3) is 0.588. The first kappa shape index (κ1) is 18.8. The number of ether oxygens (including phenoxy) is 1. The van der Waals surface area contributed by atoms with Crippen LogP contribution in [0.2, 0.25) is 0 Å². The molecule has 0 atom stereocenters. The number of rotatable bonds is 3. The van der Waals surface area contributed by atoms with Crippen LogP contribution in [0.15, 0.2) is 22.8 Å². The van der Waals surface area contributed by atoms with Crippen molar-refractivity contribution in [2.75, 3.05) is 32.7 Å². The van der Waals surface area contributed by atoms with Gasteiger partial charge in [0.05, 0.1) is 12.8 Å². The minimum atomic E-state index is -0.547. The second kappa shape index (κ2) is 8.04. The summed E-state index contributed by atoms with van der Waals surface area (Å²) in [5, 5.41) is 2.54. The number of nitrogens with one attached hydrogen (secondary N) is 1. The largest absolute Gasteiger partial charge is 0.459 e. The number of carbonyl (C=O) groups excluding carboxylic acids is 3. The molecule has 8 nitrogen and oxygen atoms in total. The van der Waals surface area contributed by atoms with E-state index in [2.05, 4.69) is 5.32 Å². The Morgan fingerprint density at radius 2 is 1.84 bits per heavy atom. The molecule has 1 fully saturated rings. The van der Waals surface area contributed by atoms with Gasteiger partial charge in [-0.05, 0) is 39.3 Å². The second-order valence-electron chi connectivity index (χ2n) is 6.86. The number of carbonyl (C=O) groups is 3. The van der Waals surface area contributed by atoms with Gasteiger partial charge in [0.2, 0.25) is 5.91 Å².